The Kier molecular flexibility index (Phi) is 5.74. The molecule has 0 radical (unpaired) electrons. The Balaban J connectivity index is 2.35. The van der Waals surface area contributed by atoms with E-state index in [2.05, 4.69) is 13.2 Å². The summed E-state index contributed by atoms with van der Waals surface area (Å²) in [6.45, 7) is 8.34. The van der Waals surface area contributed by atoms with Crippen LogP contribution < -0.4 is 0 Å². The molecule has 0 saturated carbocycles. The van der Waals surface area contributed by atoms with Crippen molar-refractivity contribution in [3.05, 3.63) is 72.9 Å². The third-order valence-electron chi connectivity index (χ3n) is 4.25. The Morgan fingerprint density at radius 1 is 0.917 bits per heavy atom. The number of nitrogens with zero attached hydrogens (tertiary/aromatic N) is 2. The molecule has 2 rings (SSSR count). The fraction of sp³-hybridized carbons (Fsp3) is 0.300. The van der Waals surface area contributed by atoms with Gasteiger partial charge in [-0.3, -0.25) is 9.59 Å². The zero-order chi connectivity index (χ0) is 17.7. The molecule has 4 nitrogen and oxygen atoms in total. The van der Waals surface area contributed by atoms with Crippen LogP contribution in [0.1, 0.15) is 23.0 Å². The van der Waals surface area contributed by atoms with Crippen LogP contribution in [-0.4, -0.2) is 48.8 Å². The van der Waals surface area contributed by atoms with Crippen molar-refractivity contribution in [2.45, 2.75) is 11.8 Å². The Morgan fingerprint density at radius 3 is 1.62 bits per heavy atom. The maximum absolute atomic E-state index is 12.7. The summed E-state index contributed by atoms with van der Waals surface area (Å²) in [5.41, 5.74) is 1.79. The van der Waals surface area contributed by atoms with Gasteiger partial charge < -0.3 is 9.80 Å². The van der Waals surface area contributed by atoms with Crippen molar-refractivity contribution in [2.24, 2.45) is 0 Å². The van der Waals surface area contributed by atoms with Crippen molar-refractivity contribution in [1.29, 1.82) is 0 Å². The number of fused-ring (bicyclic) bond motifs is 1. The van der Waals surface area contributed by atoms with Crippen LogP contribution in [0.5, 0.6) is 0 Å². The van der Waals surface area contributed by atoms with Crippen LogP contribution in [-0.2, 0) is 9.59 Å². The van der Waals surface area contributed by atoms with Crippen LogP contribution in [0.3, 0.4) is 0 Å². The van der Waals surface area contributed by atoms with Crippen molar-refractivity contribution >= 4 is 11.8 Å². The van der Waals surface area contributed by atoms with Gasteiger partial charge in [-0.2, -0.15) is 0 Å². The number of rotatable bonds is 6. The molecule has 0 N–H and O–H groups in total. The molecule has 1 aliphatic rings. The second kappa shape index (κ2) is 7.77. The quantitative estimate of drug-likeness (QED) is 0.755. The largest absolute Gasteiger partial charge is 0.341 e. The van der Waals surface area contributed by atoms with Crippen molar-refractivity contribution in [3.8, 4) is 0 Å². The van der Waals surface area contributed by atoms with Gasteiger partial charge in [0.1, 0.15) is 0 Å². The lowest BCUT2D eigenvalue weighted by Crippen LogP contribution is -2.35. The van der Waals surface area contributed by atoms with Crippen molar-refractivity contribution < 1.29 is 9.59 Å². The third kappa shape index (κ3) is 3.48. The predicted molar refractivity (Wildman–Crippen MR) is 96.7 cm³/mol. The van der Waals surface area contributed by atoms with Crippen LogP contribution >= 0.6 is 0 Å². The highest BCUT2D eigenvalue weighted by atomic mass is 16.2. The van der Waals surface area contributed by atoms with Gasteiger partial charge in [0, 0.05) is 27.2 Å². The normalized spacial score (nSPS) is 18.4. The van der Waals surface area contributed by atoms with Crippen LogP contribution in [0.25, 0.3) is 0 Å². The van der Waals surface area contributed by atoms with Gasteiger partial charge in [0.2, 0.25) is 11.8 Å². The zero-order valence-electron chi connectivity index (χ0n) is 14.3. The van der Waals surface area contributed by atoms with Gasteiger partial charge >= 0.3 is 0 Å². The van der Waals surface area contributed by atoms with Crippen LogP contribution in [0, 0.1) is 0 Å². The highest BCUT2D eigenvalue weighted by Crippen LogP contribution is 2.35. The number of hydrogen-bond acceptors (Lipinski definition) is 2. The minimum absolute atomic E-state index is 0.00365. The standard InChI is InChI=1S/C20H24N2O2/c1-5-13-21(3)19(23)17-11-12-18(20(24)22(4)14-6-2)16-10-8-7-9-15(16)17/h5-12,17-18H,1-2,13-14H2,3-4H3/t17-,18-/m0/s1. The second-order valence-electron chi connectivity index (χ2n) is 5.98. The van der Waals surface area contributed by atoms with Crippen LogP contribution in [0.2, 0.25) is 0 Å². The molecular formula is C20H24N2O2. The van der Waals surface area contributed by atoms with E-state index in [1.165, 1.54) is 0 Å². The SMILES string of the molecule is C=CCN(C)C(=O)[C@H]1C=C[C@H](C(=O)N(C)CC=C)c2ccccc21. The average molecular weight is 324 g/mol. The summed E-state index contributed by atoms with van der Waals surface area (Å²) >= 11 is 0. The van der Waals surface area contributed by atoms with Gasteiger partial charge in [-0.25, -0.2) is 0 Å². The van der Waals surface area contributed by atoms with E-state index in [1.807, 2.05) is 36.4 Å². The Hall–Kier alpha value is -2.62. The summed E-state index contributed by atoms with van der Waals surface area (Å²) < 4.78 is 0. The molecule has 0 fully saturated rings. The predicted octanol–water partition coefficient (Wildman–Crippen LogP) is 2.71. The first-order valence-corrected chi connectivity index (χ1v) is 8.00. The lowest BCUT2D eigenvalue weighted by molar-refractivity contribution is -0.131. The number of carbonyl (C=O) groups is 2. The monoisotopic (exact) mass is 324 g/mol. The highest BCUT2D eigenvalue weighted by molar-refractivity contribution is 5.91. The molecule has 4 heteroatoms. The first-order valence-electron chi connectivity index (χ1n) is 8.00. The first kappa shape index (κ1) is 17.7. The lowest BCUT2D eigenvalue weighted by atomic mass is 9.80. The summed E-state index contributed by atoms with van der Waals surface area (Å²) in [4.78, 5) is 28.7. The van der Waals surface area contributed by atoms with Crippen LogP contribution in [0.4, 0.5) is 0 Å². The minimum atomic E-state index is -0.361. The van der Waals surface area contributed by atoms with Gasteiger partial charge in [0.15, 0.2) is 0 Å². The number of amides is 2. The Morgan fingerprint density at radius 2 is 1.29 bits per heavy atom. The molecule has 1 aromatic rings. The molecule has 24 heavy (non-hydrogen) atoms. The van der Waals surface area contributed by atoms with Gasteiger partial charge in [-0.15, -0.1) is 13.2 Å². The van der Waals surface area contributed by atoms with E-state index in [4.69, 9.17) is 0 Å². The maximum Gasteiger partial charge on any atom is 0.233 e. The number of carbonyl (C=O) groups excluding carboxylic acids is 2. The van der Waals surface area contributed by atoms with E-state index in [9.17, 15) is 9.59 Å². The Labute approximate surface area is 143 Å². The fourth-order valence-electron chi connectivity index (χ4n) is 2.98. The Bertz CT molecular complexity index is 621. The van der Waals surface area contributed by atoms with E-state index in [0.717, 1.165) is 11.1 Å². The smallest absolute Gasteiger partial charge is 0.233 e. The molecule has 126 valence electrons. The van der Waals surface area contributed by atoms with E-state index in [1.54, 1.807) is 36.0 Å². The molecule has 0 saturated heterocycles. The number of likely N-dealkylation sites (N-methyl/N-ethyl adjacent to an activating group) is 2. The third-order valence-corrected chi connectivity index (χ3v) is 4.25. The molecule has 0 unspecified atom stereocenters. The minimum Gasteiger partial charge on any atom is -0.341 e. The van der Waals surface area contributed by atoms with Gasteiger partial charge in [0.05, 0.1) is 11.8 Å². The molecule has 1 aliphatic carbocycles. The van der Waals surface area contributed by atoms with Gasteiger partial charge in [0.25, 0.3) is 0 Å². The topological polar surface area (TPSA) is 40.6 Å². The molecule has 2 atom stereocenters. The van der Waals surface area contributed by atoms with E-state index in [0.29, 0.717) is 13.1 Å². The molecule has 0 bridgehead atoms. The lowest BCUT2D eigenvalue weighted by Gasteiger charge is -2.30. The highest BCUT2D eigenvalue weighted by Gasteiger charge is 2.32. The molecule has 2 amide bonds. The van der Waals surface area contributed by atoms with E-state index >= 15 is 0 Å². The molecule has 0 spiro atoms. The van der Waals surface area contributed by atoms with Gasteiger partial charge in [-0.05, 0) is 11.1 Å². The molecular weight excluding hydrogens is 300 g/mol. The molecule has 0 aromatic heterocycles. The summed E-state index contributed by atoms with van der Waals surface area (Å²) in [6, 6.07) is 7.66. The molecule has 1 aromatic carbocycles. The van der Waals surface area contributed by atoms with E-state index < -0.39 is 0 Å². The summed E-state index contributed by atoms with van der Waals surface area (Å²) in [6.07, 6.45) is 7.09. The van der Waals surface area contributed by atoms with E-state index in [-0.39, 0.29) is 23.7 Å². The number of hydrogen-bond donors (Lipinski definition) is 0. The number of benzene rings is 1. The first-order chi connectivity index (χ1) is 11.5. The average Bonchev–Trinajstić information content (AvgIpc) is 2.60. The second-order valence-corrected chi connectivity index (χ2v) is 5.98. The maximum atomic E-state index is 12.7. The summed E-state index contributed by atoms with van der Waals surface area (Å²) in [5, 5.41) is 0. The van der Waals surface area contributed by atoms with Crippen molar-refractivity contribution in [1.82, 2.24) is 9.80 Å². The molecule has 0 heterocycles. The van der Waals surface area contributed by atoms with Crippen molar-refractivity contribution in [3.63, 3.8) is 0 Å². The van der Waals surface area contributed by atoms with Crippen LogP contribution in [0.15, 0.2) is 61.7 Å². The van der Waals surface area contributed by atoms with Crippen molar-refractivity contribution in [2.75, 3.05) is 27.2 Å². The summed E-state index contributed by atoms with van der Waals surface area (Å²) in [5.74, 6) is -0.715. The zero-order valence-corrected chi connectivity index (χ0v) is 14.3. The fourth-order valence-corrected chi connectivity index (χ4v) is 2.98. The van der Waals surface area contributed by atoms with Gasteiger partial charge in [-0.1, -0.05) is 48.6 Å². The summed E-state index contributed by atoms with van der Waals surface area (Å²) in [7, 11) is 3.52. The molecule has 0 aliphatic heterocycles.